The summed E-state index contributed by atoms with van der Waals surface area (Å²) in [4.78, 5) is 18.3. The highest BCUT2D eigenvalue weighted by Gasteiger charge is 2.24. The fraction of sp³-hybridized carbons (Fsp3) is 0.478. The van der Waals surface area contributed by atoms with Gasteiger partial charge in [-0.25, -0.2) is 4.68 Å². The summed E-state index contributed by atoms with van der Waals surface area (Å²) in [5.41, 5.74) is 3.18. The number of hydrogen-bond donors (Lipinski definition) is 2. The van der Waals surface area contributed by atoms with E-state index in [9.17, 15) is 4.79 Å². The number of hydrogen-bond acceptors (Lipinski definition) is 5. The van der Waals surface area contributed by atoms with Crippen molar-refractivity contribution in [2.75, 3.05) is 39.4 Å². The number of benzene rings is 1. The molecule has 160 valence electrons. The molecule has 3 heterocycles. The Morgan fingerprint density at radius 3 is 2.60 bits per heavy atom. The first-order valence-corrected chi connectivity index (χ1v) is 10.6. The van der Waals surface area contributed by atoms with Crippen LogP contribution in [-0.4, -0.2) is 59.1 Å². The molecule has 0 spiro atoms. The first kappa shape index (κ1) is 20.8. The van der Waals surface area contributed by atoms with Crippen molar-refractivity contribution < 1.29 is 4.74 Å². The third-order valence-corrected chi connectivity index (χ3v) is 5.50. The number of H-pyrrole nitrogens is 1. The van der Waals surface area contributed by atoms with Crippen molar-refractivity contribution in [2.24, 2.45) is 0 Å². The van der Waals surface area contributed by atoms with Crippen LogP contribution in [0.15, 0.2) is 41.2 Å². The minimum atomic E-state index is -0.141. The Morgan fingerprint density at radius 2 is 1.90 bits per heavy atom. The van der Waals surface area contributed by atoms with Crippen molar-refractivity contribution in [1.29, 1.82) is 0 Å². The van der Waals surface area contributed by atoms with Gasteiger partial charge in [-0.1, -0.05) is 39.0 Å². The van der Waals surface area contributed by atoms with Crippen LogP contribution in [0.4, 0.5) is 0 Å². The number of aromatic amines is 1. The van der Waals surface area contributed by atoms with E-state index in [1.165, 1.54) is 0 Å². The van der Waals surface area contributed by atoms with E-state index in [2.05, 4.69) is 36.0 Å². The summed E-state index contributed by atoms with van der Waals surface area (Å²) < 4.78 is 7.23. The lowest BCUT2D eigenvalue weighted by Crippen LogP contribution is -2.40. The fourth-order valence-corrected chi connectivity index (χ4v) is 3.84. The third-order valence-electron chi connectivity index (χ3n) is 5.50. The molecule has 0 aliphatic carbocycles. The van der Waals surface area contributed by atoms with Crippen molar-refractivity contribution in [3.05, 3.63) is 58.0 Å². The van der Waals surface area contributed by atoms with Gasteiger partial charge in [-0.15, -0.1) is 0 Å². The number of para-hydroxylation sites is 1. The van der Waals surface area contributed by atoms with Gasteiger partial charge >= 0.3 is 0 Å². The average molecular weight is 410 g/mol. The van der Waals surface area contributed by atoms with E-state index >= 15 is 0 Å². The van der Waals surface area contributed by atoms with Crippen LogP contribution in [0.1, 0.15) is 32.0 Å². The minimum Gasteiger partial charge on any atom is -0.379 e. The number of rotatable bonds is 6. The van der Waals surface area contributed by atoms with E-state index in [4.69, 9.17) is 9.84 Å². The summed E-state index contributed by atoms with van der Waals surface area (Å²) in [6, 6.07) is 11.9. The molecular weight excluding hydrogens is 378 g/mol. The fourth-order valence-electron chi connectivity index (χ4n) is 3.84. The maximum atomic E-state index is 12.8. The van der Waals surface area contributed by atoms with Gasteiger partial charge in [0.15, 0.2) is 0 Å². The monoisotopic (exact) mass is 409 g/mol. The normalized spacial score (nSPS) is 15.7. The largest absolute Gasteiger partial charge is 0.379 e. The van der Waals surface area contributed by atoms with Crippen LogP contribution in [0.5, 0.6) is 0 Å². The van der Waals surface area contributed by atoms with Gasteiger partial charge in [0.05, 0.1) is 24.6 Å². The smallest absolute Gasteiger partial charge is 0.254 e. The highest BCUT2D eigenvalue weighted by Crippen LogP contribution is 2.29. The number of aromatic nitrogens is 3. The standard InChI is InChI=1S/C23H31N5O2/c1-23(2,3)20-19-15-17(16-24-9-10-27-11-13-30-14-12-27)22(29)25-21(19)28(26-20)18-7-5-4-6-8-18/h4-8,15,24H,9-14,16H2,1-3H3,(H,25,29). The Hall–Kier alpha value is -2.48. The van der Waals surface area contributed by atoms with Gasteiger partial charge in [-0.3, -0.25) is 9.69 Å². The van der Waals surface area contributed by atoms with E-state index in [0.29, 0.717) is 6.54 Å². The van der Waals surface area contributed by atoms with Crippen LogP contribution in [0.25, 0.3) is 16.7 Å². The van der Waals surface area contributed by atoms with Gasteiger partial charge < -0.3 is 15.0 Å². The summed E-state index contributed by atoms with van der Waals surface area (Å²) in [6.07, 6.45) is 0. The number of pyridine rings is 1. The van der Waals surface area contributed by atoms with E-state index in [1.54, 1.807) is 0 Å². The summed E-state index contributed by atoms with van der Waals surface area (Å²) in [6.45, 7) is 12.3. The first-order chi connectivity index (χ1) is 14.4. The number of nitrogens with one attached hydrogen (secondary N) is 2. The van der Waals surface area contributed by atoms with Crippen molar-refractivity contribution in [3.8, 4) is 5.69 Å². The molecule has 0 atom stereocenters. The molecule has 0 saturated carbocycles. The van der Waals surface area contributed by atoms with Crippen LogP contribution >= 0.6 is 0 Å². The predicted octanol–water partition coefficient (Wildman–Crippen LogP) is 2.43. The van der Waals surface area contributed by atoms with Crippen molar-refractivity contribution in [3.63, 3.8) is 0 Å². The lowest BCUT2D eigenvalue weighted by Gasteiger charge is -2.26. The number of morpholine rings is 1. The molecule has 1 saturated heterocycles. The SMILES string of the molecule is CC(C)(C)c1nn(-c2ccccc2)c2[nH]c(=O)c(CNCCN3CCOCC3)cc12. The lowest BCUT2D eigenvalue weighted by molar-refractivity contribution is 0.0384. The Morgan fingerprint density at radius 1 is 1.17 bits per heavy atom. The quantitative estimate of drug-likeness (QED) is 0.612. The second-order valence-corrected chi connectivity index (χ2v) is 8.86. The van der Waals surface area contributed by atoms with E-state index < -0.39 is 0 Å². The third kappa shape index (κ3) is 4.48. The molecule has 1 aliphatic rings. The second-order valence-electron chi connectivity index (χ2n) is 8.86. The van der Waals surface area contributed by atoms with Crippen LogP contribution in [0.3, 0.4) is 0 Å². The maximum absolute atomic E-state index is 12.8. The Balaban J connectivity index is 1.59. The molecule has 2 N–H and O–H groups in total. The highest BCUT2D eigenvalue weighted by atomic mass is 16.5. The van der Waals surface area contributed by atoms with Crippen LogP contribution in [0.2, 0.25) is 0 Å². The summed E-state index contributed by atoms with van der Waals surface area (Å²) >= 11 is 0. The van der Waals surface area contributed by atoms with Gasteiger partial charge in [0.2, 0.25) is 0 Å². The van der Waals surface area contributed by atoms with Crippen LogP contribution < -0.4 is 10.9 Å². The predicted molar refractivity (Wildman–Crippen MR) is 119 cm³/mol. The van der Waals surface area contributed by atoms with E-state index in [1.807, 2.05) is 41.1 Å². The molecule has 30 heavy (non-hydrogen) atoms. The molecule has 1 aliphatic heterocycles. The molecule has 7 heteroatoms. The van der Waals surface area contributed by atoms with Gasteiger partial charge in [0, 0.05) is 49.1 Å². The molecule has 3 aromatic rings. The number of nitrogens with zero attached hydrogens (tertiary/aromatic N) is 3. The second kappa shape index (κ2) is 8.71. The zero-order chi connectivity index (χ0) is 21.1. The number of fused-ring (bicyclic) bond motifs is 1. The Labute approximate surface area is 177 Å². The van der Waals surface area contributed by atoms with Crippen molar-refractivity contribution in [2.45, 2.75) is 32.7 Å². The minimum absolute atomic E-state index is 0.0705. The van der Waals surface area contributed by atoms with Crippen LogP contribution in [0, 0.1) is 0 Å². The van der Waals surface area contributed by atoms with Crippen LogP contribution in [-0.2, 0) is 16.7 Å². The van der Waals surface area contributed by atoms with Gasteiger partial charge in [0.25, 0.3) is 5.56 Å². The molecule has 2 aromatic heterocycles. The summed E-state index contributed by atoms with van der Waals surface area (Å²) in [5, 5.41) is 9.30. The summed E-state index contributed by atoms with van der Waals surface area (Å²) in [5.74, 6) is 0. The highest BCUT2D eigenvalue weighted by molar-refractivity contribution is 5.81. The van der Waals surface area contributed by atoms with Gasteiger partial charge in [0.1, 0.15) is 5.65 Å². The molecule has 0 bridgehead atoms. The molecule has 1 fully saturated rings. The molecule has 0 radical (unpaired) electrons. The van der Waals surface area contributed by atoms with Gasteiger partial charge in [-0.05, 0) is 18.2 Å². The molecule has 0 unspecified atom stereocenters. The molecule has 0 amide bonds. The molecular formula is C23H31N5O2. The molecule has 1 aromatic carbocycles. The molecule has 4 rings (SSSR count). The first-order valence-electron chi connectivity index (χ1n) is 10.6. The summed E-state index contributed by atoms with van der Waals surface area (Å²) in [7, 11) is 0. The molecule has 7 nitrogen and oxygen atoms in total. The van der Waals surface area contributed by atoms with Crippen molar-refractivity contribution >= 4 is 11.0 Å². The Bertz CT molecular complexity index is 1040. The Kier molecular flexibility index (Phi) is 6.04. The maximum Gasteiger partial charge on any atom is 0.254 e. The topological polar surface area (TPSA) is 75.2 Å². The van der Waals surface area contributed by atoms with Crippen molar-refractivity contribution in [1.82, 2.24) is 25.0 Å². The lowest BCUT2D eigenvalue weighted by atomic mass is 9.90. The zero-order valence-corrected chi connectivity index (χ0v) is 18.1. The zero-order valence-electron chi connectivity index (χ0n) is 18.1. The number of ether oxygens (including phenoxy) is 1. The van der Waals surface area contributed by atoms with E-state index in [-0.39, 0.29) is 11.0 Å². The van der Waals surface area contributed by atoms with E-state index in [0.717, 1.165) is 67.4 Å². The van der Waals surface area contributed by atoms with Gasteiger partial charge in [-0.2, -0.15) is 5.10 Å². The average Bonchev–Trinajstić information content (AvgIpc) is 3.11.